The van der Waals surface area contributed by atoms with Gasteiger partial charge < -0.3 is 10.2 Å². The van der Waals surface area contributed by atoms with Crippen LogP contribution in [0.3, 0.4) is 0 Å². The number of nitrogens with one attached hydrogen (secondary N) is 1. The lowest BCUT2D eigenvalue weighted by molar-refractivity contribution is 0.572. The molecule has 1 aliphatic carbocycles. The number of aromatic nitrogens is 3. The van der Waals surface area contributed by atoms with Gasteiger partial charge in [-0.25, -0.2) is 4.98 Å². The first-order valence-electron chi connectivity index (χ1n) is 6.58. The van der Waals surface area contributed by atoms with Gasteiger partial charge >= 0.3 is 0 Å². The van der Waals surface area contributed by atoms with Crippen LogP contribution in [0.25, 0.3) is 0 Å². The van der Waals surface area contributed by atoms with Gasteiger partial charge in [0.25, 0.3) is 0 Å². The molecule has 0 bridgehead atoms. The highest BCUT2D eigenvalue weighted by Gasteiger charge is 2.25. The molecule has 1 aromatic rings. The van der Waals surface area contributed by atoms with E-state index in [-0.39, 0.29) is 0 Å². The number of piperazine rings is 1. The Hall–Kier alpha value is -1.23. The highest BCUT2D eigenvalue weighted by Crippen LogP contribution is 2.36. The molecule has 5 heteroatoms. The SMILES string of the molecule is c1nnc(C2CCCC2)c(N2CCNCC2)n1. The van der Waals surface area contributed by atoms with Gasteiger partial charge in [-0.1, -0.05) is 12.8 Å². The minimum atomic E-state index is 0.584. The van der Waals surface area contributed by atoms with Crippen LogP contribution in [0.15, 0.2) is 6.33 Å². The molecule has 0 radical (unpaired) electrons. The van der Waals surface area contributed by atoms with Crippen LogP contribution in [-0.2, 0) is 0 Å². The maximum absolute atomic E-state index is 4.47. The highest BCUT2D eigenvalue weighted by molar-refractivity contribution is 5.45. The molecule has 2 aliphatic rings. The molecular weight excluding hydrogens is 214 g/mol. The van der Waals surface area contributed by atoms with Gasteiger partial charge in [-0.3, -0.25) is 0 Å². The molecule has 1 saturated heterocycles. The van der Waals surface area contributed by atoms with Gasteiger partial charge in [0.05, 0.1) is 0 Å². The average molecular weight is 233 g/mol. The first kappa shape index (κ1) is 10.9. The molecule has 1 aliphatic heterocycles. The fraction of sp³-hybridized carbons (Fsp3) is 0.750. The van der Waals surface area contributed by atoms with E-state index in [0.29, 0.717) is 5.92 Å². The van der Waals surface area contributed by atoms with Crippen LogP contribution in [0.4, 0.5) is 5.82 Å². The Kier molecular flexibility index (Phi) is 3.18. The van der Waals surface area contributed by atoms with E-state index in [1.54, 1.807) is 6.33 Å². The van der Waals surface area contributed by atoms with Crippen molar-refractivity contribution in [2.45, 2.75) is 31.6 Å². The van der Waals surface area contributed by atoms with Crippen LogP contribution in [0, 0.1) is 0 Å². The average Bonchev–Trinajstić information content (AvgIpc) is 2.94. The molecule has 0 aromatic carbocycles. The molecular formula is C12H19N5. The van der Waals surface area contributed by atoms with Crippen molar-refractivity contribution in [2.24, 2.45) is 0 Å². The molecule has 5 nitrogen and oxygen atoms in total. The molecule has 3 rings (SSSR count). The zero-order valence-electron chi connectivity index (χ0n) is 10.1. The summed E-state index contributed by atoms with van der Waals surface area (Å²) in [5.41, 5.74) is 1.13. The molecule has 0 spiro atoms. The zero-order chi connectivity index (χ0) is 11.5. The third kappa shape index (κ3) is 2.24. The fourth-order valence-electron chi connectivity index (χ4n) is 2.86. The Bertz CT molecular complexity index is 369. The smallest absolute Gasteiger partial charge is 0.154 e. The number of rotatable bonds is 2. The van der Waals surface area contributed by atoms with E-state index in [4.69, 9.17) is 0 Å². The summed E-state index contributed by atoms with van der Waals surface area (Å²) in [6.07, 6.45) is 6.72. The van der Waals surface area contributed by atoms with Crippen molar-refractivity contribution in [3.63, 3.8) is 0 Å². The lowest BCUT2D eigenvalue weighted by atomic mass is 10.0. The van der Waals surface area contributed by atoms with Crippen LogP contribution >= 0.6 is 0 Å². The molecule has 0 unspecified atom stereocenters. The number of anilines is 1. The van der Waals surface area contributed by atoms with Crippen molar-refractivity contribution in [1.29, 1.82) is 0 Å². The molecule has 1 aromatic heterocycles. The number of hydrogen-bond donors (Lipinski definition) is 1. The first-order valence-corrected chi connectivity index (χ1v) is 6.58. The second kappa shape index (κ2) is 4.96. The van der Waals surface area contributed by atoms with E-state index in [1.807, 2.05) is 0 Å². The molecule has 2 heterocycles. The molecule has 1 N–H and O–H groups in total. The number of hydrogen-bond acceptors (Lipinski definition) is 5. The van der Waals surface area contributed by atoms with Gasteiger partial charge in [0.2, 0.25) is 0 Å². The summed E-state index contributed by atoms with van der Waals surface area (Å²) in [7, 11) is 0. The van der Waals surface area contributed by atoms with Crippen molar-refractivity contribution in [3.8, 4) is 0 Å². The third-order valence-corrected chi connectivity index (χ3v) is 3.78. The molecule has 0 atom stereocenters. The van der Waals surface area contributed by atoms with Crippen molar-refractivity contribution < 1.29 is 0 Å². The predicted octanol–water partition coefficient (Wildman–Crippen LogP) is 0.939. The fourth-order valence-corrected chi connectivity index (χ4v) is 2.86. The van der Waals surface area contributed by atoms with Crippen molar-refractivity contribution in [1.82, 2.24) is 20.5 Å². The third-order valence-electron chi connectivity index (χ3n) is 3.78. The lowest BCUT2D eigenvalue weighted by Crippen LogP contribution is -2.44. The topological polar surface area (TPSA) is 53.9 Å². The van der Waals surface area contributed by atoms with E-state index in [9.17, 15) is 0 Å². The monoisotopic (exact) mass is 233 g/mol. The lowest BCUT2D eigenvalue weighted by Gasteiger charge is -2.30. The Labute approximate surface area is 102 Å². The summed E-state index contributed by atoms with van der Waals surface area (Å²) in [6.45, 7) is 4.12. The van der Waals surface area contributed by atoms with Crippen LogP contribution in [0.2, 0.25) is 0 Å². The standard InChI is InChI=1S/C12H19N5/c1-2-4-10(3-1)11-12(14-9-15-16-11)17-7-5-13-6-8-17/h9-10,13H,1-8H2. The highest BCUT2D eigenvalue weighted by atomic mass is 15.3. The van der Waals surface area contributed by atoms with Crippen molar-refractivity contribution in [3.05, 3.63) is 12.0 Å². The van der Waals surface area contributed by atoms with Gasteiger partial charge in [0, 0.05) is 32.1 Å². The van der Waals surface area contributed by atoms with Crippen LogP contribution in [-0.4, -0.2) is 41.4 Å². The molecule has 1 saturated carbocycles. The zero-order valence-corrected chi connectivity index (χ0v) is 10.1. The maximum Gasteiger partial charge on any atom is 0.154 e. The van der Waals surface area contributed by atoms with E-state index >= 15 is 0 Å². The molecule has 17 heavy (non-hydrogen) atoms. The summed E-state index contributed by atoms with van der Waals surface area (Å²) in [5, 5.41) is 11.7. The molecule has 2 fully saturated rings. The Balaban J connectivity index is 1.86. The van der Waals surface area contributed by atoms with Gasteiger partial charge in [0.1, 0.15) is 12.0 Å². The maximum atomic E-state index is 4.47. The minimum absolute atomic E-state index is 0.584. The quantitative estimate of drug-likeness (QED) is 0.824. The van der Waals surface area contributed by atoms with E-state index in [0.717, 1.165) is 37.7 Å². The normalized spacial score (nSPS) is 22.0. The van der Waals surface area contributed by atoms with Crippen molar-refractivity contribution >= 4 is 5.82 Å². The molecule has 0 amide bonds. The summed E-state index contributed by atoms with van der Waals surface area (Å²) in [5.74, 6) is 1.66. The molecule has 92 valence electrons. The van der Waals surface area contributed by atoms with E-state index in [1.165, 1.54) is 25.7 Å². The second-order valence-electron chi connectivity index (χ2n) is 4.89. The largest absolute Gasteiger partial charge is 0.352 e. The van der Waals surface area contributed by atoms with Gasteiger partial charge in [-0.2, -0.15) is 0 Å². The Morgan fingerprint density at radius 1 is 1.18 bits per heavy atom. The Morgan fingerprint density at radius 2 is 1.94 bits per heavy atom. The summed E-state index contributed by atoms with van der Waals surface area (Å²) in [4.78, 5) is 6.82. The summed E-state index contributed by atoms with van der Waals surface area (Å²) >= 11 is 0. The second-order valence-corrected chi connectivity index (χ2v) is 4.89. The Morgan fingerprint density at radius 3 is 2.71 bits per heavy atom. The van der Waals surface area contributed by atoms with Crippen LogP contribution in [0.5, 0.6) is 0 Å². The minimum Gasteiger partial charge on any atom is -0.352 e. The predicted molar refractivity (Wildman–Crippen MR) is 66.1 cm³/mol. The van der Waals surface area contributed by atoms with Crippen molar-refractivity contribution in [2.75, 3.05) is 31.1 Å². The summed E-state index contributed by atoms with van der Waals surface area (Å²) < 4.78 is 0. The first-order chi connectivity index (χ1) is 8.45. The van der Waals surface area contributed by atoms with E-state index < -0.39 is 0 Å². The van der Waals surface area contributed by atoms with Crippen LogP contribution in [0.1, 0.15) is 37.3 Å². The number of nitrogens with zero attached hydrogens (tertiary/aromatic N) is 4. The van der Waals surface area contributed by atoms with Gasteiger partial charge in [0.15, 0.2) is 5.82 Å². The van der Waals surface area contributed by atoms with Gasteiger partial charge in [-0.05, 0) is 12.8 Å². The van der Waals surface area contributed by atoms with Crippen LogP contribution < -0.4 is 10.2 Å². The van der Waals surface area contributed by atoms with Gasteiger partial charge in [-0.15, -0.1) is 10.2 Å². The van der Waals surface area contributed by atoms with E-state index in [2.05, 4.69) is 25.4 Å². The summed E-state index contributed by atoms with van der Waals surface area (Å²) in [6, 6.07) is 0.